The van der Waals surface area contributed by atoms with E-state index in [1.807, 2.05) is 0 Å². The molecule has 0 aromatic heterocycles. The van der Waals surface area contributed by atoms with Crippen LogP contribution >= 0.6 is 0 Å². The second-order valence-electron chi connectivity index (χ2n) is 3.87. The first-order valence-corrected chi connectivity index (χ1v) is 4.76. The van der Waals surface area contributed by atoms with Crippen molar-refractivity contribution in [3.8, 4) is 12.3 Å². The Morgan fingerprint density at radius 2 is 1.91 bits per heavy atom. The minimum Gasteiger partial charge on any atom is -0.120 e. The van der Waals surface area contributed by atoms with Gasteiger partial charge in [0.15, 0.2) is 0 Å². The van der Waals surface area contributed by atoms with Gasteiger partial charge in [-0.1, -0.05) is 32.6 Å². The fourth-order valence-electron chi connectivity index (χ4n) is 1.91. The Hall–Kier alpha value is -0.440. The first kappa shape index (κ1) is 8.65. The molecule has 1 saturated carbocycles. The molecule has 0 heterocycles. The summed E-state index contributed by atoms with van der Waals surface area (Å²) in [5, 5.41) is 0. The first-order valence-electron chi connectivity index (χ1n) is 4.76. The number of hydrogen-bond acceptors (Lipinski definition) is 0. The summed E-state index contributed by atoms with van der Waals surface area (Å²) < 4.78 is 0. The standard InChI is InChI=1S/C11H18/c1-3-4-5-11-8-6-10(2)7-9-11/h1,10-11H,4-9H2,2H3. The lowest BCUT2D eigenvalue weighted by molar-refractivity contribution is 0.279. The molecular formula is C11H18. The largest absolute Gasteiger partial charge is 0.120 e. The van der Waals surface area contributed by atoms with Crippen LogP contribution in [0.1, 0.15) is 45.4 Å². The van der Waals surface area contributed by atoms with Crippen molar-refractivity contribution < 1.29 is 0 Å². The van der Waals surface area contributed by atoms with E-state index >= 15 is 0 Å². The topological polar surface area (TPSA) is 0 Å². The zero-order chi connectivity index (χ0) is 8.10. The predicted molar refractivity (Wildman–Crippen MR) is 49.2 cm³/mol. The maximum Gasteiger partial charge on any atom is 0.00886 e. The molecule has 1 aliphatic rings. The summed E-state index contributed by atoms with van der Waals surface area (Å²) in [6.07, 6.45) is 13.2. The number of rotatable bonds is 2. The van der Waals surface area contributed by atoms with Crippen LogP contribution < -0.4 is 0 Å². The van der Waals surface area contributed by atoms with Gasteiger partial charge >= 0.3 is 0 Å². The van der Waals surface area contributed by atoms with Crippen molar-refractivity contribution in [1.29, 1.82) is 0 Å². The van der Waals surface area contributed by atoms with Gasteiger partial charge in [-0.2, -0.15) is 0 Å². The van der Waals surface area contributed by atoms with E-state index < -0.39 is 0 Å². The molecule has 0 N–H and O–H groups in total. The van der Waals surface area contributed by atoms with Gasteiger partial charge in [-0.3, -0.25) is 0 Å². The summed E-state index contributed by atoms with van der Waals surface area (Å²) in [7, 11) is 0. The molecule has 0 aliphatic heterocycles. The second-order valence-corrected chi connectivity index (χ2v) is 3.87. The molecule has 0 aromatic rings. The van der Waals surface area contributed by atoms with Crippen molar-refractivity contribution in [2.45, 2.75) is 45.4 Å². The van der Waals surface area contributed by atoms with E-state index in [2.05, 4.69) is 12.8 Å². The third-order valence-corrected chi connectivity index (χ3v) is 2.83. The lowest BCUT2D eigenvalue weighted by atomic mass is 9.81. The predicted octanol–water partition coefficient (Wildman–Crippen LogP) is 3.23. The summed E-state index contributed by atoms with van der Waals surface area (Å²) in [6, 6.07) is 0. The molecule has 0 heteroatoms. The SMILES string of the molecule is C#CCCC1CCC(C)CC1. The van der Waals surface area contributed by atoms with Crippen molar-refractivity contribution in [2.75, 3.05) is 0 Å². The van der Waals surface area contributed by atoms with Crippen LogP contribution in [0.2, 0.25) is 0 Å². The lowest BCUT2D eigenvalue weighted by Gasteiger charge is -2.25. The van der Waals surface area contributed by atoms with Gasteiger partial charge in [0.25, 0.3) is 0 Å². The Morgan fingerprint density at radius 1 is 1.27 bits per heavy atom. The van der Waals surface area contributed by atoms with E-state index in [9.17, 15) is 0 Å². The van der Waals surface area contributed by atoms with Crippen LogP contribution in [0.4, 0.5) is 0 Å². The van der Waals surface area contributed by atoms with Crippen LogP contribution in [-0.4, -0.2) is 0 Å². The van der Waals surface area contributed by atoms with Crippen molar-refractivity contribution in [3.05, 3.63) is 0 Å². The highest BCUT2D eigenvalue weighted by Crippen LogP contribution is 2.30. The Morgan fingerprint density at radius 3 is 2.45 bits per heavy atom. The summed E-state index contributed by atoms with van der Waals surface area (Å²) >= 11 is 0. The molecule has 0 unspecified atom stereocenters. The average Bonchev–Trinajstić information content (AvgIpc) is 2.04. The van der Waals surface area contributed by atoms with Crippen molar-refractivity contribution >= 4 is 0 Å². The van der Waals surface area contributed by atoms with Crippen LogP contribution in [0.15, 0.2) is 0 Å². The zero-order valence-corrected chi connectivity index (χ0v) is 7.47. The zero-order valence-electron chi connectivity index (χ0n) is 7.47. The van der Waals surface area contributed by atoms with Crippen molar-refractivity contribution in [1.82, 2.24) is 0 Å². The van der Waals surface area contributed by atoms with E-state index in [1.165, 1.54) is 32.1 Å². The van der Waals surface area contributed by atoms with Crippen molar-refractivity contribution in [2.24, 2.45) is 11.8 Å². The van der Waals surface area contributed by atoms with Gasteiger partial charge in [0.2, 0.25) is 0 Å². The normalized spacial score (nSPS) is 31.3. The maximum atomic E-state index is 5.22. The molecule has 62 valence electrons. The fourth-order valence-corrected chi connectivity index (χ4v) is 1.91. The summed E-state index contributed by atoms with van der Waals surface area (Å²) in [5.74, 6) is 4.64. The Kier molecular flexibility index (Phi) is 3.49. The van der Waals surface area contributed by atoms with Gasteiger partial charge in [-0.05, 0) is 18.3 Å². The average molecular weight is 150 g/mol. The Bertz CT molecular complexity index is 133. The molecule has 1 rings (SSSR count). The Labute approximate surface area is 70.4 Å². The van der Waals surface area contributed by atoms with Crippen molar-refractivity contribution in [3.63, 3.8) is 0 Å². The van der Waals surface area contributed by atoms with Gasteiger partial charge in [-0.25, -0.2) is 0 Å². The minimum atomic E-state index is 0.947. The molecular weight excluding hydrogens is 132 g/mol. The third kappa shape index (κ3) is 2.97. The molecule has 0 amide bonds. The monoisotopic (exact) mass is 150 g/mol. The summed E-state index contributed by atoms with van der Waals surface area (Å²) in [5.41, 5.74) is 0. The molecule has 0 nitrogen and oxygen atoms in total. The molecule has 1 aliphatic carbocycles. The fraction of sp³-hybridized carbons (Fsp3) is 0.818. The molecule has 11 heavy (non-hydrogen) atoms. The van der Waals surface area contributed by atoms with E-state index in [0.717, 1.165) is 18.3 Å². The van der Waals surface area contributed by atoms with E-state index in [1.54, 1.807) is 0 Å². The van der Waals surface area contributed by atoms with Gasteiger partial charge in [0.1, 0.15) is 0 Å². The molecule has 0 saturated heterocycles. The minimum absolute atomic E-state index is 0.947. The first-order chi connectivity index (χ1) is 5.33. The quantitative estimate of drug-likeness (QED) is 0.530. The van der Waals surface area contributed by atoms with Gasteiger partial charge in [-0.15, -0.1) is 12.3 Å². The maximum absolute atomic E-state index is 5.22. The molecule has 0 radical (unpaired) electrons. The Balaban J connectivity index is 2.13. The summed E-state index contributed by atoms with van der Waals surface area (Å²) in [6.45, 7) is 2.36. The van der Waals surface area contributed by atoms with E-state index in [4.69, 9.17) is 6.42 Å². The highest BCUT2D eigenvalue weighted by molar-refractivity contribution is 4.85. The molecule has 1 fully saturated rings. The van der Waals surface area contributed by atoms with Gasteiger partial charge in [0, 0.05) is 6.42 Å². The van der Waals surface area contributed by atoms with E-state index in [-0.39, 0.29) is 0 Å². The van der Waals surface area contributed by atoms with Gasteiger partial charge < -0.3 is 0 Å². The van der Waals surface area contributed by atoms with Crippen LogP contribution in [0.25, 0.3) is 0 Å². The molecule has 0 bridgehead atoms. The molecule has 0 spiro atoms. The lowest BCUT2D eigenvalue weighted by Crippen LogP contribution is -2.11. The second kappa shape index (κ2) is 4.44. The molecule has 0 aromatic carbocycles. The third-order valence-electron chi connectivity index (χ3n) is 2.83. The van der Waals surface area contributed by atoms with Gasteiger partial charge in [0.05, 0.1) is 0 Å². The molecule has 0 atom stereocenters. The summed E-state index contributed by atoms with van der Waals surface area (Å²) in [4.78, 5) is 0. The number of terminal acetylenes is 1. The van der Waals surface area contributed by atoms with Crippen LogP contribution in [0.3, 0.4) is 0 Å². The van der Waals surface area contributed by atoms with Crippen LogP contribution in [0.5, 0.6) is 0 Å². The van der Waals surface area contributed by atoms with E-state index in [0.29, 0.717) is 0 Å². The highest BCUT2D eigenvalue weighted by Gasteiger charge is 2.16. The number of hydrogen-bond donors (Lipinski definition) is 0. The smallest absolute Gasteiger partial charge is 0.00886 e. The van der Waals surface area contributed by atoms with Crippen LogP contribution in [-0.2, 0) is 0 Å². The highest BCUT2D eigenvalue weighted by atomic mass is 14.2. The van der Waals surface area contributed by atoms with Crippen LogP contribution in [0, 0.1) is 24.2 Å².